The summed E-state index contributed by atoms with van der Waals surface area (Å²) < 4.78 is 18.5. The van der Waals surface area contributed by atoms with E-state index < -0.39 is 5.82 Å². The molecule has 0 aromatic heterocycles. The van der Waals surface area contributed by atoms with E-state index in [-0.39, 0.29) is 23.5 Å². The first-order valence-corrected chi connectivity index (χ1v) is 6.05. The second-order valence-electron chi connectivity index (χ2n) is 4.21. The predicted molar refractivity (Wildman–Crippen MR) is 71.5 cm³/mol. The standard InChI is InChI=1S/C16H12FNO2/c17-15-7-6-13(8-14(15)9-18)16(19)11-20-10-12-4-2-1-3-5-12/h1-8H,10-11H2. The van der Waals surface area contributed by atoms with Gasteiger partial charge in [-0.3, -0.25) is 4.79 Å². The van der Waals surface area contributed by atoms with Crippen LogP contribution in [0.1, 0.15) is 21.5 Å². The van der Waals surface area contributed by atoms with Crippen molar-refractivity contribution in [2.45, 2.75) is 6.61 Å². The second kappa shape index (κ2) is 6.60. The minimum atomic E-state index is -0.630. The third-order valence-electron chi connectivity index (χ3n) is 2.75. The highest BCUT2D eigenvalue weighted by Crippen LogP contribution is 2.10. The quantitative estimate of drug-likeness (QED) is 0.784. The number of nitrogens with zero attached hydrogens (tertiary/aromatic N) is 1. The molecule has 3 nitrogen and oxygen atoms in total. The topological polar surface area (TPSA) is 50.1 Å². The van der Waals surface area contributed by atoms with Crippen LogP contribution in [0.3, 0.4) is 0 Å². The Hall–Kier alpha value is -2.51. The van der Waals surface area contributed by atoms with Gasteiger partial charge < -0.3 is 4.74 Å². The maximum absolute atomic E-state index is 13.1. The minimum Gasteiger partial charge on any atom is -0.369 e. The maximum Gasteiger partial charge on any atom is 0.188 e. The van der Waals surface area contributed by atoms with Crippen molar-refractivity contribution in [3.8, 4) is 6.07 Å². The van der Waals surface area contributed by atoms with Gasteiger partial charge in [-0.25, -0.2) is 4.39 Å². The molecular weight excluding hydrogens is 257 g/mol. The van der Waals surface area contributed by atoms with E-state index in [0.717, 1.165) is 11.6 Å². The van der Waals surface area contributed by atoms with E-state index in [9.17, 15) is 9.18 Å². The summed E-state index contributed by atoms with van der Waals surface area (Å²) in [6.45, 7) is 0.226. The zero-order valence-electron chi connectivity index (χ0n) is 10.7. The van der Waals surface area contributed by atoms with Gasteiger partial charge in [-0.15, -0.1) is 0 Å². The lowest BCUT2D eigenvalue weighted by atomic mass is 10.1. The Labute approximate surface area is 116 Å². The van der Waals surface area contributed by atoms with Crippen LogP contribution >= 0.6 is 0 Å². The van der Waals surface area contributed by atoms with Gasteiger partial charge in [0.2, 0.25) is 0 Å². The van der Waals surface area contributed by atoms with Crippen LogP contribution in [0.2, 0.25) is 0 Å². The molecule has 0 spiro atoms. The molecule has 100 valence electrons. The molecule has 0 radical (unpaired) electrons. The number of hydrogen-bond acceptors (Lipinski definition) is 3. The van der Waals surface area contributed by atoms with E-state index in [0.29, 0.717) is 6.61 Å². The highest BCUT2D eigenvalue weighted by molar-refractivity contribution is 5.97. The SMILES string of the molecule is N#Cc1cc(C(=O)COCc2ccccc2)ccc1F. The van der Waals surface area contributed by atoms with Crippen LogP contribution in [0.25, 0.3) is 0 Å². The summed E-state index contributed by atoms with van der Waals surface area (Å²) in [6.07, 6.45) is 0. The summed E-state index contributed by atoms with van der Waals surface area (Å²) in [4.78, 5) is 11.9. The Bertz CT molecular complexity index is 647. The van der Waals surface area contributed by atoms with Crippen LogP contribution in [-0.2, 0) is 11.3 Å². The van der Waals surface area contributed by atoms with Crippen LogP contribution < -0.4 is 0 Å². The molecule has 0 saturated heterocycles. The first-order valence-electron chi connectivity index (χ1n) is 6.05. The van der Waals surface area contributed by atoms with Crippen LogP contribution in [0, 0.1) is 17.1 Å². The van der Waals surface area contributed by atoms with Crippen molar-refractivity contribution in [2.24, 2.45) is 0 Å². The van der Waals surface area contributed by atoms with Crippen molar-refractivity contribution in [1.29, 1.82) is 5.26 Å². The molecule has 2 rings (SSSR count). The molecule has 4 heteroatoms. The highest BCUT2D eigenvalue weighted by Gasteiger charge is 2.09. The number of benzene rings is 2. The molecule has 0 N–H and O–H groups in total. The Morgan fingerprint density at radius 1 is 1.20 bits per heavy atom. The van der Waals surface area contributed by atoms with Crippen LogP contribution in [0.5, 0.6) is 0 Å². The van der Waals surface area contributed by atoms with Crippen molar-refractivity contribution >= 4 is 5.78 Å². The molecule has 0 saturated carbocycles. The van der Waals surface area contributed by atoms with Gasteiger partial charge in [-0.2, -0.15) is 5.26 Å². The number of nitriles is 1. The van der Waals surface area contributed by atoms with Crippen molar-refractivity contribution in [2.75, 3.05) is 6.61 Å². The molecule has 0 fully saturated rings. The lowest BCUT2D eigenvalue weighted by Gasteiger charge is -2.04. The summed E-state index contributed by atoms with van der Waals surface area (Å²) in [7, 11) is 0. The summed E-state index contributed by atoms with van der Waals surface area (Å²) in [5, 5.41) is 8.72. The molecule has 0 heterocycles. The molecule has 0 aliphatic carbocycles. The zero-order valence-corrected chi connectivity index (χ0v) is 10.7. The van der Waals surface area contributed by atoms with E-state index in [1.807, 2.05) is 30.3 Å². The fourth-order valence-electron chi connectivity index (χ4n) is 1.70. The monoisotopic (exact) mass is 269 g/mol. The molecule has 0 unspecified atom stereocenters. The van der Waals surface area contributed by atoms with E-state index in [1.54, 1.807) is 6.07 Å². The summed E-state index contributed by atoms with van der Waals surface area (Å²) in [5.41, 5.74) is 1.10. The largest absolute Gasteiger partial charge is 0.369 e. The number of ketones is 1. The first-order chi connectivity index (χ1) is 9.70. The molecule has 0 bridgehead atoms. The Morgan fingerprint density at radius 2 is 1.95 bits per heavy atom. The summed E-state index contributed by atoms with van der Waals surface area (Å²) in [5.74, 6) is -0.910. The van der Waals surface area contributed by atoms with E-state index >= 15 is 0 Å². The lowest BCUT2D eigenvalue weighted by molar-refractivity contribution is 0.0726. The van der Waals surface area contributed by atoms with Gasteiger partial charge in [-0.05, 0) is 23.8 Å². The molecule has 0 atom stereocenters. The summed E-state index contributed by atoms with van der Waals surface area (Å²) in [6, 6.07) is 14.9. The van der Waals surface area contributed by atoms with E-state index in [2.05, 4.69) is 0 Å². The first kappa shape index (κ1) is 13.9. The third kappa shape index (κ3) is 3.50. The van der Waals surface area contributed by atoms with Crippen molar-refractivity contribution in [3.63, 3.8) is 0 Å². The van der Waals surface area contributed by atoms with Crippen LogP contribution in [0.15, 0.2) is 48.5 Å². The van der Waals surface area contributed by atoms with Crippen molar-refractivity contribution in [1.82, 2.24) is 0 Å². The van der Waals surface area contributed by atoms with Gasteiger partial charge in [0.15, 0.2) is 5.78 Å². The van der Waals surface area contributed by atoms with Crippen LogP contribution in [-0.4, -0.2) is 12.4 Å². The molecule has 2 aromatic rings. The number of Topliss-reactive ketones (excluding diaryl/α,β-unsaturated/α-hetero) is 1. The zero-order chi connectivity index (χ0) is 14.4. The van der Waals surface area contributed by atoms with Crippen molar-refractivity contribution < 1.29 is 13.9 Å². The molecule has 2 aromatic carbocycles. The van der Waals surface area contributed by atoms with E-state index in [4.69, 9.17) is 10.00 Å². The van der Waals surface area contributed by atoms with Crippen LogP contribution in [0.4, 0.5) is 4.39 Å². The number of carbonyl (C=O) groups excluding carboxylic acids is 1. The average molecular weight is 269 g/mol. The Morgan fingerprint density at radius 3 is 2.65 bits per heavy atom. The molecule has 0 aliphatic heterocycles. The fourth-order valence-corrected chi connectivity index (χ4v) is 1.70. The maximum atomic E-state index is 13.1. The third-order valence-corrected chi connectivity index (χ3v) is 2.75. The average Bonchev–Trinajstić information content (AvgIpc) is 2.48. The van der Waals surface area contributed by atoms with Gasteiger partial charge in [-0.1, -0.05) is 30.3 Å². The molecule has 0 amide bonds. The highest BCUT2D eigenvalue weighted by atomic mass is 19.1. The predicted octanol–water partition coefficient (Wildman–Crippen LogP) is 3.10. The smallest absolute Gasteiger partial charge is 0.188 e. The van der Waals surface area contributed by atoms with Gasteiger partial charge in [0, 0.05) is 5.56 Å². The van der Waals surface area contributed by atoms with Gasteiger partial charge in [0.25, 0.3) is 0 Å². The second-order valence-corrected chi connectivity index (χ2v) is 4.21. The van der Waals surface area contributed by atoms with Gasteiger partial charge in [0.05, 0.1) is 12.2 Å². The Kier molecular flexibility index (Phi) is 4.59. The number of ether oxygens (including phenoxy) is 1. The normalized spacial score (nSPS) is 10.0. The number of rotatable bonds is 5. The Balaban J connectivity index is 1.94. The minimum absolute atomic E-state index is 0.106. The fraction of sp³-hybridized carbons (Fsp3) is 0.125. The number of hydrogen-bond donors (Lipinski definition) is 0. The molecule has 0 aliphatic rings. The van der Waals surface area contributed by atoms with Gasteiger partial charge in [0.1, 0.15) is 18.5 Å². The summed E-state index contributed by atoms with van der Waals surface area (Å²) >= 11 is 0. The number of carbonyl (C=O) groups is 1. The van der Waals surface area contributed by atoms with E-state index in [1.165, 1.54) is 12.1 Å². The number of halogens is 1. The molecular formula is C16H12FNO2. The molecule has 20 heavy (non-hydrogen) atoms. The lowest BCUT2D eigenvalue weighted by Crippen LogP contribution is -2.09. The van der Waals surface area contributed by atoms with Gasteiger partial charge >= 0.3 is 0 Å². The van der Waals surface area contributed by atoms with Crippen molar-refractivity contribution in [3.05, 3.63) is 71.0 Å².